The van der Waals surface area contributed by atoms with Gasteiger partial charge in [-0.05, 0) is 54.1 Å². The van der Waals surface area contributed by atoms with Crippen molar-refractivity contribution >= 4 is 41.0 Å². The van der Waals surface area contributed by atoms with Crippen LogP contribution < -0.4 is 15.8 Å². The normalized spacial score (nSPS) is 11.5. The minimum Gasteiger partial charge on any atom is -0.439 e. The van der Waals surface area contributed by atoms with Crippen LogP contribution in [0.25, 0.3) is 0 Å². The zero-order valence-electron chi connectivity index (χ0n) is 17.7. The average molecular weight is 501 g/mol. The van der Waals surface area contributed by atoms with Crippen molar-refractivity contribution in [3.8, 4) is 11.6 Å². The van der Waals surface area contributed by atoms with Crippen molar-refractivity contribution in [1.29, 1.82) is 0 Å². The highest BCUT2D eigenvalue weighted by molar-refractivity contribution is 6.30. The summed E-state index contributed by atoms with van der Waals surface area (Å²) in [5.41, 5.74) is 5.98. The SMILES string of the molecule is NC(=O)c1c(N=Cc2ccc(Oc3ccc(C(F)(F)F)cn3)cc2)n[nH]c1Nc1cccc(Cl)c1. The molecule has 178 valence electrons. The molecule has 2 aromatic carbocycles. The third kappa shape index (κ3) is 5.95. The number of benzene rings is 2. The number of hydrogen-bond donors (Lipinski definition) is 3. The molecule has 4 aromatic rings. The zero-order valence-corrected chi connectivity index (χ0v) is 18.4. The molecule has 8 nitrogen and oxygen atoms in total. The molecule has 0 aliphatic rings. The van der Waals surface area contributed by atoms with Gasteiger partial charge in [-0.3, -0.25) is 9.89 Å². The highest BCUT2D eigenvalue weighted by Gasteiger charge is 2.30. The number of anilines is 2. The number of amides is 1. The number of nitrogens with zero attached hydrogens (tertiary/aromatic N) is 3. The van der Waals surface area contributed by atoms with E-state index in [-0.39, 0.29) is 23.1 Å². The van der Waals surface area contributed by atoms with Crippen LogP contribution in [0.15, 0.2) is 71.9 Å². The van der Waals surface area contributed by atoms with Crippen molar-refractivity contribution in [1.82, 2.24) is 15.2 Å². The number of aromatic amines is 1. The summed E-state index contributed by atoms with van der Waals surface area (Å²) in [5.74, 6) is -0.0129. The summed E-state index contributed by atoms with van der Waals surface area (Å²) in [7, 11) is 0. The fourth-order valence-corrected chi connectivity index (χ4v) is 3.14. The lowest BCUT2D eigenvalue weighted by atomic mass is 10.2. The molecular weight excluding hydrogens is 485 g/mol. The van der Waals surface area contributed by atoms with Gasteiger partial charge in [-0.2, -0.15) is 18.3 Å². The number of nitrogens with one attached hydrogen (secondary N) is 2. The third-order valence-electron chi connectivity index (χ3n) is 4.59. The number of primary amides is 1. The Balaban J connectivity index is 1.46. The van der Waals surface area contributed by atoms with Gasteiger partial charge in [0.15, 0.2) is 5.82 Å². The van der Waals surface area contributed by atoms with E-state index >= 15 is 0 Å². The maximum Gasteiger partial charge on any atom is 0.417 e. The lowest BCUT2D eigenvalue weighted by Crippen LogP contribution is -2.12. The van der Waals surface area contributed by atoms with Crippen molar-refractivity contribution in [2.24, 2.45) is 10.7 Å². The van der Waals surface area contributed by atoms with Crippen LogP contribution in [0.3, 0.4) is 0 Å². The molecular formula is C23H16ClF3N6O2. The van der Waals surface area contributed by atoms with Gasteiger partial charge in [-0.15, -0.1) is 0 Å². The molecule has 35 heavy (non-hydrogen) atoms. The number of pyridine rings is 1. The van der Waals surface area contributed by atoms with E-state index in [1.54, 1.807) is 48.5 Å². The molecule has 0 aliphatic heterocycles. The summed E-state index contributed by atoms with van der Waals surface area (Å²) < 4.78 is 43.4. The maximum atomic E-state index is 12.6. The third-order valence-corrected chi connectivity index (χ3v) is 4.82. The Kier molecular flexibility index (Phi) is 6.69. The molecule has 0 aliphatic carbocycles. The Hall–Kier alpha value is -4.38. The standard InChI is InChI=1S/C23H16ClF3N6O2/c24-15-2-1-3-16(10-15)31-22-19(20(28)34)21(32-33-22)30-11-13-4-7-17(8-5-13)35-18-9-6-14(12-29-18)23(25,26)27/h1-12H,(H2,28,34)(H2,31,32,33). The van der Waals surface area contributed by atoms with E-state index in [0.717, 1.165) is 12.1 Å². The zero-order chi connectivity index (χ0) is 25.0. The van der Waals surface area contributed by atoms with E-state index in [2.05, 4.69) is 25.5 Å². The minimum atomic E-state index is -4.47. The molecule has 0 saturated carbocycles. The molecule has 0 saturated heterocycles. The number of carbonyl (C=O) groups excluding carboxylic acids is 1. The first kappa shape index (κ1) is 23.8. The smallest absolute Gasteiger partial charge is 0.417 e. The number of nitrogens with two attached hydrogens (primary N) is 1. The van der Waals surface area contributed by atoms with E-state index in [0.29, 0.717) is 28.2 Å². The van der Waals surface area contributed by atoms with Gasteiger partial charge in [-0.1, -0.05) is 17.7 Å². The predicted molar refractivity (Wildman–Crippen MR) is 125 cm³/mol. The summed E-state index contributed by atoms with van der Waals surface area (Å²) in [4.78, 5) is 19.9. The second-order valence-corrected chi connectivity index (χ2v) is 7.55. The maximum absolute atomic E-state index is 12.6. The number of alkyl halides is 3. The van der Waals surface area contributed by atoms with Crippen LogP contribution in [-0.2, 0) is 6.18 Å². The summed E-state index contributed by atoms with van der Waals surface area (Å²) in [6, 6.07) is 15.4. The summed E-state index contributed by atoms with van der Waals surface area (Å²) in [6.07, 6.45) is -2.31. The number of rotatable bonds is 7. The number of carbonyl (C=O) groups is 1. The molecule has 0 radical (unpaired) electrons. The molecule has 4 N–H and O–H groups in total. The summed E-state index contributed by atoms with van der Waals surface area (Å²) >= 11 is 5.98. The quantitative estimate of drug-likeness (QED) is 0.274. The van der Waals surface area contributed by atoms with Crippen LogP contribution in [0.1, 0.15) is 21.5 Å². The van der Waals surface area contributed by atoms with Crippen molar-refractivity contribution in [2.45, 2.75) is 6.18 Å². The number of aliphatic imine (C=N–C) groups is 1. The van der Waals surface area contributed by atoms with Crippen molar-refractivity contribution in [2.75, 3.05) is 5.32 Å². The van der Waals surface area contributed by atoms with Crippen LogP contribution in [-0.4, -0.2) is 27.3 Å². The Bertz CT molecular complexity index is 1370. The fraction of sp³-hybridized carbons (Fsp3) is 0.0435. The van der Waals surface area contributed by atoms with Crippen molar-refractivity contribution in [3.63, 3.8) is 0 Å². The first-order valence-electron chi connectivity index (χ1n) is 9.95. The number of H-pyrrole nitrogens is 1. The largest absolute Gasteiger partial charge is 0.439 e. The van der Waals surface area contributed by atoms with Crippen LogP contribution in [0, 0.1) is 0 Å². The predicted octanol–water partition coefficient (Wildman–Crippen LogP) is 5.86. The lowest BCUT2D eigenvalue weighted by Gasteiger charge is -2.08. The summed E-state index contributed by atoms with van der Waals surface area (Å²) in [6.45, 7) is 0. The molecule has 2 heterocycles. The van der Waals surface area contributed by atoms with E-state index < -0.39 is 17.6 Å². The van der Waals surface area contributed by atoms with Gasteiger partial charge in [0.2, 0.25) is 5.88 Å². The second kappa shape index (κ2) is 9.85. The minimum absolute atomic E-state index is 0.0155. The Morgan fingerprint density at radius 1 is 1.14 bits per heavy atom. The van der Waals surface area contributed by atoms with E-state index in [1.807, 2.05) is 0 Å². The molecule has 0 unspecified atom stereocenters. The van der Waals surface area contributed by atoms with E-state index in [9.17, 15) is 18.0 Å². The average Bonchev–Trinajstić information content (AvgIpc) is 3.21. The molecule has 0 atom stereocenters. The van der Waals surface area contributed by atoms with Gasteiger partial charge in [0.05, 0.1) is 5.56 Å². The molecule has 12 heteroatoms. The molecule has 1 amide bonds. The molecule has 0 fully saturated rings. The van der Waals surface area contributed by atoms with Crippen LogP contribution in [0.4, 0.5) is 30.5 Å². The van der Waals surface area contributed by atoms with Gasteiger partial charge in [0, 0.05) is 29.2 Å². The monoisotopic (exact) mass is 500 g/mol. The van der Waals surface area contributed by atoms with Crippen LogP contribution in [0.2, 0.25) is 5.02 Å². The van der Waals surface area contributed by atoms with Crippen molar-refractivity contribution in [3.05, 3.63) is 88.6 Å². The number of aromatic nitrogens is 3. The Morgan fingerprint density at radius 3 is 2.54 bits per heavy atom. The molecule has 2 aromatic heterocycles. The number of ether oxygens (including phenoxy) is 1. The number of halogens is 4. The van der Waals surface area contributed by atoms with Gasteiger partial charge < -0.3 is 15.8 Å². The first-order valence-corrected chi connectivity index (χ1v) is 10.3. The molecule has 4 rings (SSSR count). The van der Waals surface area contributed by atoms with Crippen LogP contribution >= 0.6 is 11.6 Å². The van der Waals surface area contributed by atoms with Gasteiger partial charge in [0.1, 0.15) is 17.1 Å². The Morgan fingerprint density at radius 2 is 1.91 bits per heavy atom. The highest BCUT2D eigenvalue weighted by atomic mass is 35.5. The number of hydrogen-bond acceptors (Lipinski definition) is 6. The summed E-state index contributed by atoms with van der Waals surface area (Å²) in [5, 5.41) is 10.2. The Labute approximate surface area is 201 Å². The molecule has 0 spiro atoms. The van der Waals surface area contributed by atoms with Crippen LogP contribution in [0.5, 0.6) is 11.6 Å². The molecule has 0 bridgehead atoms. The first-order chi connectivity index (χ1) is 16.7. The van der Waals surface area contributed by atoms with Crippen molar-refractivity contribution < 1.29 is 22.7 Å². The van der Waals surface area contributed by atoms with E-state index in [1.165, 1.54) is 6.21 Å². The van der Waals surface area contributed by atoms with Gasteiger partial charge in [0.25, 0.3) is 5.91 Å². The second-order valence-electron chi connectivity index (χ2n) is 7.11. The topological polar surface area (TPSA) is 118 Å². The lowest BCUT2D eigenvalue weighted by molar-refractivity contribution is -0.137. The van der Waals surface area contributed by atoms with E-state index in [4.69, 9.17) is 22.1 Å². The van der Waals surface area contributed by atoms with Gasteiger partial charge >= 0.3 is 6.18 Å². The van der Waals surface area contributed by atoms with Gasteiger partial charge in [-0.25, -0.2) is 9.98 Å². The fourth-order valence-electron chi connectivity index (χ4n) is 2.95. The highest BCUT2D eigenvalue weighted by Crippen LogP contribution is 2.30.